The molecule has 1 amide bonds. The molecule has 0 bridgehead atoms. The average Bonchev–Trinajstić information content (AvgIpc) is 2.83. The molecule has 2 aromatic rings. The van der Waals surface area contributed by atoms with Gasteiger partial charge in [-0.25, -0.2) is 4.98 Å². The number of benzene rings is 1. The standard InChI is InChI=1S/C24H33N5O/c30-24(27-13-8-17-28-15-5-2-6-16-28)21-11-7-12-26-23(21)29-18-14-25-22(19-29)20-9-3-1-4-10-20/h1,3-4,7,9-12,22,25H,2,5-6,8,13-19H2,(H,27,30). The fourth-order valence-corrected chi connectivity index (χ4v) is 4.46. The molecule has 0 aliphatic carbocycles. The molecule has 0 saturated carbocycles. The summed E-state index contributed by atoms with van der Waals surface area (Å²) in [6.07, 6.45) is 6.74. The Labute approximate surface area is 179 Å². The molecular formula is C24H33N5O. The van der Waals surface area contributed by atoms with Crippen molar-refractivity contribution in [2.45, 2.75) is 31.7 Å². The van der Waals surface area contributed by atoms with E-state index in [1.807, 2.05) is 18.2 Å². The van der Waals surface area contributed by atoms with Crippen molar-refractivity contribution in [3.63, 3.8) is 0 Å². The molecule has 2 N–H and O–H groups in total. The number of rotatable bonds is 7. The Balaban J connectivity index is 1.35. The van der Waals surface area contributed by atoms with Gasteiger partial charge >= 0.3 is 0 Å². The number of anilines is 1. The van der Waals surface area contributed by atoms with Crippen molar-refractivity contribution in [3.05, 3.63) is 59.8 Å². The maximum absolute atomic E-state index is 12.9. The molecular weight excluding hydrogens is 374 g/mol. The first-order valence-corrected chi connectivity index (χ1v) is 11.3. The third-order valence-corrected chi connectivity index (χ3v) is 6.09. The number of likely N-dealkylation sites (tertiary alicyclic amines) is 1. The molecule has 2 saturated heterocycles. The van der Waals surface area contributed by atoms with E-state index >= 15 is 0 Å². The predicted molar refractivity (Wildman–Crippen MR) is 121 cm³/mol. The van der Waals surface area contributed by atoms with Gasteiger partial charge in [0.05, 0.1) is 5.56 Å². The monoisotopic (exact) mass is 407 g/mol. The van der Waals surface area contributed by atoms with E-state index < -0.39 is 0 Å². The van der Waals surface area contributed by atoms with Crippen LogP contribution in [0.5, 0.6) is 0 Å². The maximum Gasteiger partial charge on any atom is 0.255 e. The predicted octanol–water partition coefficient (Wildman–Crippen LogP) is 2.84. The van der Waals surface area contributed by atoms with Gasteiger partial charge in [0.15, 0.2) is 0 Å². The first-order chi connectivity index (χ1) is 14.8. The second-order valence-corrected chi connectivity index (χ2v) is 8.25. The normalized spacial score (nSPS) is 20.1. The minimum atomic E-state index is -0.0217. The molecule has 1 atom stereocenters. The number of aromatic nitrogens is 1. The Bertz CT molecular complexity index is 806. The van der Waals surface area contributed by atoms with Gasteiger partial charge in [-0.15, -0.1) is 0 Å². The van der Waals surface area contributed by atoms with Crippen LogP contribution in [0.3, 0.4) is 0 Å². The van der Waals surface area contributed by atoms with Crippen molar-refractivity contribution in [2.24, 2.45) is 0 Å². The van der Waals surface area contributed by atoms with Gasteiger partial charge in [-0.2, -0.15) is 0 Å². The smallest absolute Gasteiger partial charge is 0.255 e. The van der Waals surface area contributed by atoms with Crippen molar-refractivity contribution >= 4 is 11.7 Å². The SMILES string of the molecule is O=C(NCCCN1CCCCC1)c1cccnc1N1CCNC(c2ccccc2)C1. The Morgan fingerprint density at radius 1 is 1.07 bits per heavy atom. The van der Waals surface area contributed by atoms with E-state index in [2.05, 4.69) is 49.7 Å². The number of piperazine rings is 1. The van der Waals surface area contributed by atoms with Crippen LogP contribution in [0, 0.1) is 0 Å². The van der Waals surface area contributed by atoms with E-state index in [9.17, 15) is 4.79 Å². The van der Waals surface area contributed by atoms with E-state index in [0.717, 1.165) is 38.4 Å². The van der Waals surface area contributed by atoms with Crippen LogP contribution in [0.25, 0.3) is 0 Å². The van der Waals surface area contributed by atoms with Crippen molar-refractivity contribution < 1.29 is 4.79 Å². The van der Waals surface area contributed by atoms with Gasteiger partial charge in [-0.3, -0.25) is 4.79 Å². The maximum atomic E-state index is 12.9. The zero-order valence-corrected chi connectivity index (χ0v) is 17.7. The number of carbonyl (C=O) groups is 1. The van der Waals surface area contributed by atoms with Gasteiger partial charge in [0.1, 0.15) is 5.82 Å². The molecule has 0 radical (unpaired) electrons. The molecule has 1 aromatic heterocycles. The highest BCUT2D eigenvalue weighted by Gasteiger charge is 2.25. The molecule has 3 heterocycles. The lowest BCUT2D eigenvalue weighted by Crippen LogP contribution is -2.47. The van der Waals surface area contributed by atoms with Crippen LogP contribution in [0.2, 0.25) is 0 Å². The molecule has 30 heavy (non-hydrogen) atoms. The molecule has 0 spiro atoms. The van der Waals surface area contributed by atoms with Gasteiger partial charge in [0, 0.05) is 38.4 Å². The highest BCUT2D eigenvalue weighted by Crippen LogP contribution is 2.23. The first-order valence-electron chi connectivity index (χ1n) is 11.3. The molecule has 2 aliphatic heterocycles. The lowest BCUT2D eigenvalue weighted by atomic mass is 10.0. The van der Waals surface area contributed by atoms with Crippen LogP contribution >= 0.6 is 0 Å². The third-order valence-electron chi connectivity index (χ3n) is 6.09. The minimum Gasteiger partial charge on any atom is -0.353 e. The topological polar surface area (TPSA) is 60.5 Å². The van der Waals surface area contributed by atoms with Gasteiger partial charge in [-0.05, 0) is 56.6 Å². The number of carbonyl (C=O) groups excluding carboxylic acids is 1. The summed E-state index contributed by atoms with van der Waals surface area (Å²) in [5.41, 5.74) is 1.94. The fourth-order valence-electron chi connectivity index (χ4n) is 4.46. The lowest BCUT2D eigenvalue weighted by molar-refractivity contribution is 0.0951. The molecule has 6 heteroatoms. The van der Waals surface area contributed by atoms with Crippen LogP contribution in [-0.4, -0.2) is 61.6 Å². The lowest BCUT2D eigenvalue weighted by Gasteiger charge is -2.35. The van der Waals surface area contributed by atoms with Crippen molar-refractivity contribution in [1.29, 1.82) is 0 Å². The highest BCUT2D eigenvalue weighted by atomic mass is 16.1. The number of hydrogen-bond donors (Lipinski definition) is 2. The minimum absolute atomic E-state index is 0.0217. The van der Waals surface area contributed by atoms with Crippen molar-refractivity contribution in [1.82, 2.24) is 20.5 Å². The van der Waals surface area contributed by atoms with Gasteiger partial charge in [-0.1, -0.05) is 36.8 Å². The Morgan fingerprint density at radius 2 is 1.90 bits per heavy atom. The average molecular weight is 408 g/mol. The van der Waals surface area contributed by atoms with E-state index in [1.165, 1.54) is 37.9 Å². The van der Waals surface area contributed by atoms with Crippen LogP contribution in [0.15, 0.2) is 48.7 Å². The summed E-state index contributed by atoms with van der Waals surface area (Å²) in [6.45, 7) is 6.69. The van der Waals surface area contributed by atoms with E-state index in [1.54, 1.807) is 6.20 Å². The molecule has 1 aromatic carbocycles. The van der Waals surface area contributed by atoms with Crippen LogP contribution in [0.4, 0.5) is 5.82 Å². The quantitative estimate of drug-likeness (QED) is 0.691. The molecule has 2 aliphatic rings. The zero-order chi connectivity index (χ0) is 20.6. The zero-order valence-electron chi connectivity index (χ0n) is 17.7. The molecule has 160 valence electrons. The van der Waals surface area contributed by atoms with E-state index in [0.29, 0.717) is 12.1 Å². The summed E-state index contributed by atoms with van der Waals surface area (Å²) in [4.78, 5) is 22.2. The van der Waals surface area contributed by atoms with Gasteiger partial charge < -0.3 is 20.4 Å². The highest BCUT2D eigenvalue weighted by molar-refractivity contribution is 5.98. The van der Waals surface area contributed by atoms with Crippen LogP contribution in [0.1, 0.15) is 47.6 Å². The van der Waals surface area contributed by atoms with Crippen molar-refractivity contribution in [2.75, 3.05) is 50.7 Å². The summed E-state index contributed by atoms with van der Waals surface area (Å²) in [6, 6.07) is 14.5. The van der Waals surface area contributed by atoms with Crippen LogP contribution < -0.4 is 15.5 Å². The summed E-state index contributed by atoms with van der Waals surface area (Å²) < 4.78 is 0. The number of nitrogens with one attached hydrogen (secondary N) is 2. The second kappa shape index (κ2) is 10.5. The summed E-state index contributed by atoms with van der Waals surface area (Å²) in [7, 11) is 0. The summed E-state index contributed by atoms with van der Waals surface area (Å²) >= 11 is 0. The molecule has 2 fully saturated rings. The largest absolute Gasteiger partial charge is 0.353 e. The summed E-state index contributed by atoms with van der Waals surface area (Å²) in [5, 5.41) is 6.70. The van der Waals surface area contributed by atoms with Crippen molar-refractivity contribution in [3.8, 4) is 0 Å². The van der Waals surface area contributed by atoms with E-state index in [-0.39, 0.29) is 11.9 Å². The van der Waals surface area contributed by atoms with Gasteiger partial charge in [0.2, 0.25) is 0 Å². The number of piperidine rings is 1. The summed E-state index contributed by atoms with van der Waals surface area (Å²) in [5.74, 6) is 0.764. The Hall–Kier alpha value is -2.44. The number of nitrogens with zero attached hydrogens (tertiary/aromatic N) is 3. The van der Waals surface area contributed by atoms with E-state index in [4.69, 9.17) is 0 Å². The first kappa shape index (κ1) is 20.8. The number of pyridine rings is 1. The second-order valence-electron chi connectivity index (χ2n) is 8.25. The third kappa shape index (κ3) is 5.37. The Kier molecular flexibility index (Phi) is 7.32. The number of hydrogen-bond acceptors (Lipinski definition) is 5. The number of amides is 1. The van der Waals surface area contributed by atoms with Crippen LogP contribution in [-0.2, 0) is 0 Å². The molecule has 4 rings (SSSR count). The molecule has 6 nitrogen and oxygen atoms in total. The van der Waals surface area contributed by atoms with Gasteiger partial charge in [0.25, 0.3) is 5.91 Å². The molecule has 1 unspecified atom stereocenters. The Morgan fingerprint density at radius 3 is 2.73 bits per heavy atom. The fraction of sp³-hybridized carbons (Fsp3) is 0.500.